The lowest BCUT2D eigenvalue weighted by atomic mass is 10.2. The van der Waals surface area contributed by atoms with E-state index in [1.54, 1.807) is 29.7 Å². The smallest absolute Gasteiger partial charge is 0.326 e. The fourth-order valence-corrected chi connectivity index (χ4v) is 4.45. The highest BCUT2D eigenvalue weighted by Gasteiger charge is 2.19. The minimum atomic E-state index is -0.406. The van der Waals surface area contributed by atoms with Crippen LogP contribution in [-0.2, 0) is 16.1 Å². The molecule has 0 radical (unpaired) electrons. The van der Waals surface area contributed by atoms with Gasteiger partial charge < -0.3 is 18.8 Å². The summed E-state index contributed by atoms with van der Waals surface area (Å²) in [6.45, 7) is 2.89. The minimum Gasteiger partial charge on any atom is -0.486 e. The fourth-order valence-electron chi connectivity index (χ4n) is 2.96. The number of carbonyl (C=O) groups is 2. The lowest BCUT2D eigenvalue weighted by Gasteiger charge is -2.18. The Morgan fingerprint density at radius 2 is 1.93 bits per heavy atom. The van der Waals surface area contributed by atoms with E-state index in [0.717, 1.165) is 10.2 Å². The zero-order valence-corrected chi connectivity index (χ0v) is 17.9. The number of carbonyl (C=O) groups excluding carboxylic acids is 2. The number of rotatable bonds is 4. The molecule has 4 rings (SSSR count). The van der Waals surface area contributed by atoms with E-state index in [4.69, 9.17) is 14.2 Å². The second kappa shape index (κ2) is 8.38. The van der Waals surface area contributed by atoms with Gasteiger partial charge in [-0.25, -0.2) is 0 Å². The van der Waals surface area contributed by atoms with Crippen LogP contribution in [0, 0.1) is 0 Å². The second-order valence-corrected chi connectivity index (χ2v) is 8.00. The van der Waals surface area contributed by atoms with Crippen molar-refractivity contribution in [1.29, 1.82) is 0 Å². The van der Waals surface area contributed by atoms with Gasteiger partial charge in [0.1, 0.15) is 19.8 Å². The Kier molecular flexibility index (Phi) is 5.68. The van der Waals surface area contributed by atoms with Gasteiger partial charge in [-0.2, -0.15) is 4.99 Å². The molecule has 0 saturated heterocycles. The average molecular weight is 477 g/mol. The number of benzene rings is 2. The van der Waals surface area contributed by atoms with Gasteiger partial charge in [-0.15, -0.1) is 0 Å². The molecule has 1 aliphatic heterocycles. The molecule has 2 heterocycles. The number of thiazole rings is 1. The van der Waals surface area contributed by atoms with Gasteiger partial charge in [-0.1, -0.05) is 23.5 Å². The van der Waals surface area contributed by atoms with Gasteiger partial charge in [0.15, 0.2) is 16.3 Å². The van der Waals surface area contributed by atoms with E-state index in [-0.39, 0.29) is 13.2 Å². The van der Waals surface area contributed by atoms with Crippen LogP contribution >= 0.6 is 27.3 Å². The highest BCUT2D eigenvalue weighted by Crippen LogP contribution is 2.35. The number of esters is 1. The van der Waals surface area contributed by atoms with Crippen molar-refractivity contribution in [2.24, 2.45) is 4.99 Å². The maximum Gasteiger partial charge on any atom is 0.326 e. The molecule has 2 aromatic carbocycles. The van der Waals surface area contributed by atoms with Crippen molar-refractivity contribution in [3.05, 3.63) is 51.2 Å². The van der Waals surface area contributed by atoms with Crippen LogP contribution in [0.4, 0.5) is 0 Å². The van der Waals surface area contributed by atoms with Gasteiger partial charge in [-0.3, -0.25) is 9.59 Å². The van der Waals surface area contributed by atoms with Crippen LogP contribution in [-0.4, -0.2) is 36.3 Å². The molecule has 0 bridgehead atoms. The predicted molar refractivity (Wildman–Crippen MR) is 111 cm³/mol. The van der Waals surface area contributed by atoms with Gasteiger partial charge in [0.2, 0.25) is 0 Å². The molecule has 1 amide bonds. The number of aromatic nitrogens is 1. The second-order valence-electron chi connectivity index (χ2n) is 6.14. The van der Waals surface area contributed by atoms with Crippen LogP contribution in [0.1, 0.15) is 17.3 Å². The molecule has 7 nitrogen and oxygen atoms in total. The van der Waals surface area contributed by atoms with E-state index in [2.05, 4.69) is 20.9 Å². The third kappa shape index (κ3) is 4.06. The summed E-state index contributed by atoms with van der Waals surface area (Å²) in [7, 11) is 0. The maximum absolute atomic E-state index is 12.8. The number of hydrogen-bond donors (Lipinski definition) is 0. The number of ether oxygens (including phenoxy) is 3. The van der Waals surface area contributed by atoms with Crippen LogP contribution in [0.2, 0.25) is 0 Å². The summed E-state index contributed by atoms with van der Waals surface area (Å²) in [6, 6.07) is 10.7. The van der Waals surface area contributed by atoms with E-state index in [1.165, 1.54) is 11.3 Å². The predicted octanol–water partition coefficient (Wildman–Crippen LogP) is 3.54. The molecule has 0 unspecified atom stereocenters. The number of hydrogen-bond acceptors (Lipinski definition) is 6. The molecule has 0 saturated carbocycles. The summed E-state index contributed by atoms with van der Waals surface area (Å²) in [5, 5.41) is 0. The number of amides is 1. The number of nitrogens with zero attached hydrogens (tertiary/aromatic N) is 2. The first-order chi connectivity index (χ1) is 14.1. The van der Waals surface area contributed by atoms with E-state index < -0.39 is 11.9 Å². The highest BCUT2D eigenvalue weighted by molar-refractivity contribution is 9.10. The fraction of sp³-hybridized carbons (Fsp3) is 0.250. The van der Waals surface area contributed by atoms with Gasteiger partial charge in [0.05, 0.1) is 22.4 Å². The molecule has 0 aliphatic carbocycles. The quantitative estimate of drug-likeness (QED) is 0.538. The average Bonchev–Trinajstić information content (AvgIpc) is 3.02. The van der Waals surface area contributed by atoms with Crippen molar-refractivity contribution in [2.75, 3.05) is 19.8 Å². The molecular formula is C20H17BrN2O5S. The maximum atomic E-state index is 12.8. The van der Waals surface area contributed by atoms with E-state index in [9.17, 15) is 9.59 Å². The molecule has 9 heteroatoms. The summed E-state index contributed by atoms with van der Waals surface area (Å²) < 4.78 is 19.6. The molecule has 1 aliphatic rings. The Hall–Kier alpha value is -2.65. The summed E-state index contributed by atoms with van der Waals surface area (Å²) in [5.74, 6) is 0.426. The van der Waals surface area contributed by atoms with Gasteiger partial charge in [0.25, 0.3) is 5.91 Å². The molecule has 0 fully saturated rings. The zero-order valence-electron chi connectivity index (χ0n) is 15.5. The van der Waals surface area contributed by atoms with Crippen molar-refractivity contribution in [1.82, 2.24) is 4.57 Å². The van der Waals surface area contributed by atoms with Gasteiger partial charge >= 0.3 is 5.97 Å². The third-order valence-electron chi connectivity index (χ3n) is 4.24. The summed E-state index contributed by atoms with van der Waals surface area (Å²) in [4.78, 5) is 29.6. The van der Waals surface area contributed by atoms with Crippen LogP contribution in [0.15, 0.2) is 45.9 Å². The SMILES string of the molecule is CCOC(=O)Cn1c(=NC(=O)c2ccccc2Br)sc2cc3c(cc21)OCCO3. The van der Waals surface area contributed by atoms with Crippen LogP contribution in [0.25, 0.3) is 10.2 Å². The van der Waals surface area contributed by atoms with Gasteiger partial charge in [0, 0.05) is 16.6 Å². The Morgan fingerprint density at radius 3 is 2.66 bits per heavy atom. The van der Waals surface area contributed by atoms with Gasteiger partial charge in [-0.05, 0) is 35.0 Å². The van der Waals surface area contributed by atoms with Crippen molar-refractivity contribution in [3.63, 3.8) is 0 Å². The molecule has 150 valence electrons. The summed E-state index contributed by atoms with van der Waals surface area (Å²) >= 11 is 4.68. The first-order valence-corrected chi connectivity index (χ1v) is 10.6. The Bertz CT molecular complexity index is 1170. The van der Waals surface area contributed by atoms with Crippen molar-refractivity contribution >= 4 is 49.4 Å². The zero-order chi connectivity index (χ0) is 20.4. The monoisotopic (exact) mass is 476 g/mol. The largest absolute Gasteiger partial charge is 0.486 e. The lowest BCUT2D eigenvalue weighted by Crippen LogP contribution is -2.23. The van der Waals surface area contributed by atoms with Crippen LogP contribution in [0.5, 0.6) is 11.5 Å². The topological polar surface area (TPSA) is 79.1 Å². The van der Waals surface area contributed by atoms with Crippen LogP contribution < -0.4 is 14.3 Å². The summed E-state index contributed by atoms with van der Waals surface area (Å²) in [6.07, 6.45) is 0. The van der Waals surface area contributed by atoms with Crippen molar-refractivity contribution in [2.45, 2.75) is 13.5 Å². The lowest BCUT2D eigenvalue weighted by molar-refractivity contribution is -0.143. The molecule has 3 aromatic rings. The van der Waals surface area contributed by atoms with Crippen molar-refractivity contribution in [3.8, 4) is 11.5 Å². The number of halogens is 1. The Morgan fingerprint density at radius 1 is 1.21 bits per heavy atom. The summed E-state index contributed by atoms with van der Waals surface area (Å²) in [5.41, 5.74) is 1.17. The molecule has 29 heavy (non-hydrogen) atoms. The number of fused-ring (bicyclic) bond motifs is 2. The Labute approximate surface area is 178 Å². The Balaban J connectivity index is 1.86. The van der Waals surface area contributed by atoms with E-state index in [1.807, 2.05) is 18.2 Å². The van der Waals surface area contributed by atoms with E-state index >= 15 is 0 Å². The first-order valence-electron chi connectivity index (χ1n) is 8.99. The van der Waals surface area contributed by atoms with E-state index in [0.29, 0.717) is 39.6 Å². The molecule has 0 spiro atoms. The molecule has 0 N–H and O–H groups in total. The molecule has 0 atom stereocenters. The molecular weight excluding hydrogens is 460 g/mol. The van der Waals surface area contributed by atoms with Crippen molar-refractivity contribution < 1.29 is 23.8 Å². The first kappa shape index (κ1) is 19.7. The van der Waals surface area contributed by atoms with Crippen LogP contribution in [0.3, 0.4) is 0 Å². The standard InChI is InChI=1S/C20H17BrN2O5S/c1-2-26-18(24)11-23-14-9-15-16(28-8-7-27-15)10-17(14)29-20(23)22-19(25)12-5-3-4-6-13(12)21/h3-6,9-10H,2,7-8,11H2,1H3. The normalized spacial score (nSPS) is 13.5. The highest BCUT2D eigenvalue weighted by atomic mass is 79.9. The third-order valence-corrected chi connectivity index (χ3v) is 5.97. The molecule has 1 aromatic heterocycles. The minimum absolute atomic E-state index is 0.0600.